The van der Waals surface area contributed by atoms with Crippen molar-refractivity contribution in [1.82, 2.24) is 5.32 Å². The van der Waals surface area contributed by atoms with Crippen LogP contribution in [0.2, 0.25) is 0 Å². The predicted molar refractivity (Wildman–Crippen MR) is 91.3 cm³/mol. The molecule has 3 atom stereocenters. The molecule has 21 heavy (non-hydrogen) atoms. The van der Waals surface area contributed by atoms with E-state index in [1.165, 1.54) is 50.5 Å². The van der Waals surface area contributed by atoms with Gasteiger partial charge in [-0.3, -0.25) is 0 Å². The van der Waals surface area contributed by atoms with Crippen molar-refractivity contribution in [2.75, 3.05) is 6.54 Å². The van der Waals surface area contributed by atoms with Gasteiger partial charge in [-0.1, -0.05) is 62.9 Å². The Kier molecular flexibility index (Phi) is 6.25. The van der Waals surface area contributed by atoms with Crippen molar-refractivity contribution in [2.24, 2.45) is 11.7 Å². The van der Waals surface area contributed by atoms with E-state index in [9.17, 15) is 0 Å². The fraction of sp³-hybridized carbons (Fsp3) is 0.684. The van der Waals surface area contributed by atoms with Crippen LogP contribution in [0.4, 0.5) is 0 Å². The zero-order valence-electron chi connectivity index (χ0n) is 13.8. The molecule has 0 spiro atoms. The van der Waals surface area contributed by atoms with Gasteiger partial charge in [0.1, 0.15) is 0 Å². The molecule has 0 heterocycles. The van der Waals surface area contributed by atoms with Crippen LogP contribution in [0, 0.1) is 5.92 Å². The Morgan fingerprint density at radius 1 is 1.24 bits per heavy atom. The summed E-state index contributed by atoms with van der Waals surface area (Å²) in [5.41, 5.74) is 7.69. The topological polar surface area (TPSA) is 38.0 Å². The first-order chi connectivity index (χ1) is 10.2. The highest BCUT2D eigenvalue weighted by Crippen LogP contribution is 2.33. The van der Waals surface area contributed by atoms with Crippen molar-refractivity contribution >= 4 is 0 Å². The molecule has 3 N–H and O–H groups in total. The highest BCUT2D eigenvalue weighted by atomic mass is 15.0. The van der Waals surface area contributed by atoms with E-state index in [0.29, 0.717) is 6.04 Å². The molecule has 0 radical (unpaired) electrons. The second-order valence-electron chi connectivity index (χ2n) is 6.85. The van der Waals surface area contributed by atoms with E-state index >= 15 is 0 Å². The lowest BCUT2D eigenvalue weighted by Crippen LogP contribution is -2.51. The third-order valence-electron chi connectivity index (χ3n) is 5.21. The van der Waals surface area contributed by atoms with Crippen molar-refractivity contribution < 1.29 is 0 Å². The molecule has 0 bridgehead atoms. The molecule has 1 aliphatic rings. The molecule has 1 saturated carbocycles. The first-order valence-electron chi connectivity index (χ1n) is 8.72. The fourth-order valence-corrected chi connectivity index (χ4v) is 3.87. The van der Waals surface area contributed by atoms with Crippen molar-refractivity contribution in [1.29, 1.82) is 0 Å². The van der Waals surface area contributed by atoms with Crippen LogP contribution in [0.3, 0.4) is 0 Å². The Hall–Kier alpha value is -0.860. The van der Waals surface area contributed by atoms with Crippen LogP contribution in [0.15, 0.2) is 30.3 Å². The molecule has 3 unspecified atom stereocenters. The third-order valence-corrected chi connectivity index (χ3v) is 5.21. The highest BCUT2D eigenvalue weighted by Gasteiger charge is 2.32. The minimum atomic E-state index is 0.137. The largest absolute Gasteiger partial charge is 0.329 e. The van der Waals surface area contributed by atoms with Crippen molar-refractivity contribution in [3.8, 4) is 0 Å². The molecule has 2 nitrogen and oxygen atoms in total. The average Bonchev–Trinajstić information content (AvgIpc) is 2.72. The van der Waals surface area contributed by atoms with Gasteiger partial charge in [-0.2, -0.15) is 0 Å². The Bertz CT molecular complexity index is 403. The van der Waals surface area contributed by atoms with Gasteiger partial charge in [0.2, 0.25) is 0 Å². The Labute approximate surface area is 130 Å². The van der Waals surface area contributed by atoms with Gasteiger partial charge in [0.25, 0.3) is 0 Å². The van der Waals surface area contributed by atoms with Crippen LogP contribution in [0.1, 0.15) is 70.4 Å². The Morgan fingerprint density at radius 3 is 2.67 bits per heavy atom. The zero-order chi connectivity index (χ0) is 15.1. The molecule has 2 heteroatoms. The quantitative estimate of drug-likeness (QED) is 0.761. The van der Waals surface area contributed by atoms with Gasteiger partial charge in [0.05, 0.1) is 0 Å². The number of rotatable bonds is 6. The summed E-state index contributed by atoms with van der Waals surface area (Å²) < 4.78 is 0. The van der Waals surface area contributed by atoms with Gasteiger partial charge >= 0.3 is 0 Å². The van der Waals surface area contributed by atoms with Crippen molar-refractivity contribution in [2.45, 2.75) is 70.4 Å². The Balaban J connectivity index is 2.00. The molecule has 0 saturated heterocycles. The molecule has 1 fully saturated rings. The van der Waals surface area contributed by atoms with E-state index in [1.54, 1.807) is 0 Å². The second kappa shape index (κ2) is 7.95. The van der Waals surface area contributed by atoms with Gasteiger partial charge in [0, 0.05) is 18.1 Å². The van der Waals surface area contributed by atoms with Gasteiger partial charge < -0.3 is 11.1 Å². The maximum Gasteiger partial charge on any atom is 0.0309 e. The van der Waals surface area contributed by atoms with Gasteiger partial charge in [-0.05, 0) is 37.7 Å². The van der Waals surface area contributed by atoms with Crippen LogP contribution < -0.4 is 11.1 Å². The Morgan fingerprint density at radius 2 is 2.00 bits per heavy atom. The summed E-state index contributed by atoms with van der Waals surface area (Å²) in [7, 11) is 0. The zero-order valence-corrected chi connectivity index (χ0v) is 13.8. The molecule has 0 aromatic heterocycles. The van der Waals surface area contributed by atoms with Gasteiger partial charge in [-0.25, -0.2) is 0 Å². The summed E-state index contributed by atoms with van der Waals surface area (Å²) >= 11 is 0. The summed E-state index contributed by atoms with van der Waals surface area (Å²) in [4.78, 5) is 0. The maximum atomic E-state index is 6.19. The molecule has 0 amide bonds. The van der Waals surface area contributed by atoms with Gasteiger partial charge in [0.15, 0.2) is 0 Å². The first kappa shape index (κ1) is 16.5. The normalized spacial score (nSPS) is 28.0. The molecule has 0 aliphatic heterocycles. The molecule has 2 rings (SSSR count). The molecule has 1 aromatic carbocycles. The van der Waals surface area contributed by atoms with Crippen LogP contribution in [-0.2, 0) is 0 Å². The number of hydrogen-bond acceptors (Lipinski definition) is 2. The summed E-state index contributed by atoms with van der Waals surface area (Å²) in [6, 6.07) is 11.1. The predicted octanol–water partition coefficient (Wildman–Crippen LogP) is 4.42. The summed E-state index contributed by atoms with van der Waals surface area (Å²) in [6.07, 6.45) is 9.18. The third kappa shape index (κ3) is 4.55. The number of nitrogens with one attached hydrogen (secondary N) is 1. The van der Waals surface area contributed by atoms with Crippen LogP contribution in [0.5, 0.6) is 0 Å². The first-order valence-corrected chi connectivity index (χ1v) is 8.72. The lowest BCUT2D eigenvalue weighted by Gasteiger charge is -2.36. The molecule has 1 aliphatic carbocycles. The van der Waals surface area contributed by atoms with Crippen LogP contribution in [-0.4, -0.2) is 12.1 Å². The minimum absolute atomic E-state index is 0.137. The van der Waals surface area contributed by atoms with Crippen molar-refractivity contribution in [3.05, 3.63) is 35.9 Å². The fourth-order valence-electron chi connectivity index (χ4n) is 3.87. The molecule has 118 valence electrons. The maximum absolute atomic E-state index is 6.19. The smallest absolute Gasteiger partial charge is 0.0309 e. The molecular formula is C19H32N2. The van der Waals surface area contributed by atoms with Crippen LogP contribution in [0.25, 0.3) is 0 Å². The van der Waals surface area contributed by atoms with E-state index in [2.05, 4.69) is 49.5 Å². The highest BCUT2D eigenvalue weighted by molar-refractivity contribution is 5.19. The lowest BCUT2D eigenvalue weighted by molar-refractivity contribution is 0.261. The average molecular weight is 288 g/mol. The second-order valence-corrected chi connectivity index (χ2v) is 6.85. The van der Waals surface area contributed by atoms with Crippen LogP contribution >= 0.6 is 0 Å². The summed E-state index contributed by atoms with van der Waals surface area (Å²) in [5.74, 6) is 0.914. The van der Waals surface area contributed by atoms with E-state index in [0.717, 1.165) is 12.5 Å². The van der Waals surface area contributed by atoms with Crippen molar-refractivity contribution in [3.63, 3.8) is 0 Å². The molecular weight excluding hydrogens is 256 g/mol. The van der Waals surface area contributed by atoms with E-state index < -0.39 is 0 Å². The lowest BCUT2D eigenvalue weighted by atomic mass is 9.87. The van der Waals surface area contributed by atoms with E-state index in [1.807, 2.05) is 0 Å². The SMILES string of the molecule is CCCC1CCCC(CN)(NC(C)c2ccccc2)CC1. The van der Waals surface area contributed by atoms with E-state index in [4.69, 9.17) is 5.73 Å². The summed E-state index contributed by atoms with van der Waals surface area (Å²) in [5, 5.41) is 3.88. The molecule has 1 aromatic rings. The number of nitrogens with two attached hydrogens (primary N) is 1. The summed E-state index contributed by atoms with van der Waals surface area (Å²) in [6.45, 7) is 5.32. The minimum Gasteiger partial charge on any atom is -0.329 e. The van der Waals surface area contributed by atoms with Gasteiger partial charge in [-0.15, -0.1) is 0 Å². The monoisotopic (exact) mass is 288 g/mol. The number of benzene rings is 1. The van der Waals surface area contributed by atoms with E-state index in [-0.39, 0.29) is 5.54 Å². The standard InChI is InChI=1S/C19H32N2/c1-3-8-17-9-7-13-19(15-20,14-12-17)21-16(2)18-10-5-4-6-11-18/h4-6,10-11,16-17,21H,3,7-9,12-15,20H2,1-2H3. The number of hydrogen-bond donors (Lipinski definition) is 2.